The summed E-state index contributed by atoms with van der Waals surface area (Å²) in [7, 11) is 0. The first kappa shape index (κ1) is 110. The molecule has 3 aliphatic carbocycles. The third-order valence-electron chi connectivity index (χ3n) is 25.8. The lowest BCUT2D eigenvalue weighted by Gasteiger charge is -2.30. The van der Waals surface area contributed by atoms with Crippen LogP contribution in [0.3, 0.4) is 0 Å². The second-order valence-corrected chi connectivity index (χ2v) is 37.1. The van der Waals surface area contributed by atoms with Crippen LogP contribution in [-0.4, -0.2) is 143 Å². The molecule has 5 aromatic rings. The van der Waals surface area contributed by atoms with Gasteiger partial charge in [-0.3, -0.25) is 57.5 Å². The van der Waals surface area contributed by atoms with Crippen molar-refractivity contribution in [1.82, 2.24) is 0 Å². The molecule has 0 spiro atoms. The largest absolute Gasteiger partial charge is 0.437 e. The van der Waals surface area contributed by atoms with Crippen LogP contribution in [0.1, 0.15) is 183 Å². The van der Waals surface area contributed by atoms with E-state index in [4.69, 9.17) is 86.4 Å². The highest BCUT2D eigenvalue weighted by atomic mass is 35.5. The number of carbonyl (C=O) groups excluding carboxylic acids is 12. The Hall–Kier alpha value is -14.9. The predicted molar refractivity (Wildman–Crippen MR) is 513 cm³/mol. The molecule has 16 rings (SSSR count). The first-order valence-corrected chi connectivity index (χ1v) is 47.4. The van der Waals surface area contributed by atoms with Gasteiger partial charge in [0, 0.05) is 52.5 Å². The van der Waals surface area contributed by atoms with Crippen LogP contribution in [0.2, 0.25) is 20.1 Å². The smallest absolute Gasteiger partial charge is 0.420 e. The number of carbonyl (C=O) groups is 12. The number of aliphatic imine (C=N–C) groups is 4. The third kappa shape index (κ3) is 25.8. The number of rotatable bonds is 16. The Labute approximate surface area is 854 Å². The van der Waals surface area contributed by atoms with Gasteiger partial charge in [-0.1, -0.05) is 162 Å². The fourth-order valence-corrected chi connectivity index (χ4v) is 19.0. The summed E-state index contributed by atoms with van der Waals surface area (Å²) in [4.78, 5) is 162. The van der Waals surface area contributed by atoms with E-state index in [1.807, 2.05) is 39.0 Å². The molecule has 3 fully saturated rings. The van der Waals surface area contributed by atoms with Crippen molar-refractivity contribution >= 4 is 185 Å². The molecule has 0 radical (unpaired) electrons. The highest BCUT2D eigenvalue weighted by Gasteiger charge is 2.46. The molecule has 0 bridgehead atoms. The van der Waals surface area contributed by atoms with Crippen molar-refractivity contribution in [1.29, 1.82) is 21.0 Å². The summed E-state index contributed by atoms with van der Waals surface area (Å²) < 4.78 is 191. The second kappa shape index (κ2) is 46.5. The zero-order chi connectivity index (χ0) is 108. The second-order valence-electron chi connectivity index (χ2n) is 35.5. The lowest BCUT2D eigenvalue weighted by Crippen LogP contribution is -2.36. The van der Waals surface area contributed by atoms with Gasteiger partial charge in [-0.25, -0.2) is 20.0 Å². The Bertz CT molecular complexity index is 6460. The number of ether oxygens (including phenoxy) is 4. The topological polar surface area (TPSA) is 449 Å². The number of amides is 4. The monoisotopic (exact) mass is 2130 g/mol. The van der Waals surface area contributed by atoms with Gasteiger partial charge < -0.3 is 18.9 Å². The van der Waals surface area contributed by atoms with Gasteiger partial charge in [0.1, 0.15) is 72.7 Å². The lowest BCUT2D eigenvalue weighted by atomic mass is 9.76. The molecule has 5 aromatic carbocycles. The van der Waals surface area contributed by atoms with Gasteiger partial charge >= 0.3 is 24.7 Å². The van der Waals surface area contributed by atoms with Crippen LogP contribution in [0.4, 0.5) is 75.4 Å². The van der Waals surface area contributed by atoms with Gasteiger partial charge in [0.15, 0.2) is 46.1 Å². The van der Waals surface area contributed by atoms with Crippen LogP contribution in [0.5, 0.6) is 23.0 Å². The van der Waals surface area contributed by atoms with Crippen LogP contribution in [-0.2, 0) is 82.2 Å². The lowest BCUT2D eigenvalue weighted by molar-refractivity contribution is -0.139. The van der Waals surface area contributed by atoms with Gasteiger partial charge in [0.2, 0.25) is 69.6 Å². The Balaban J connectivity index is 0.000000165. The fourth-order valence-electron chi connectivity index (χ4n) is 18.0. The molecule has 4 unspecified atom stereocenters. The van der Waals surface area contributed by atoms with Gasteiger partial charge in [0.25, 0.3) is 23.6 Å². The van der Waals surface area contributed by atoms with Crippen molar-refractivity contribution in [3.05, 3.63) is 173 Å². The molecule has 148 heavy (non-hydrogen) atoms. The fraction of sp³-hybridized carbons (Fsp3) is 0.380. The summed E-state index contributed by atoms with van der Waals surface area (Å²) in [5.74, 6) is -11.5. The van der Waals surface area contributed by atoms with Crippen molar-refractivity contribution in [3.8, 4) is 47.3 Å². The molecule has 0 saturated heterocycles. The summed E-state index contributed by atoms with van der Waals surface area (Å²) in [5.41, 5.74) is -6.85. The van der Waals surface area contributed by atoms with E-state index in [0.29, 0.717) is 84.3 Å². The molecule has 11 aliphatic rings. The van der Waals surface area contributed by atoms with Gasteiger partial charge in [0.05, 0.1) is 68.5 Å². The molecule has 8 aliphatic heterocycles. The third-order valence-corrected chi connectivity index (χ3v) is 27.0. The standard InChI is InChI=1S/3C25H22ClF3N4O4.C25H16ClF3N4O4/c4*1-13(14-5-3-2-4-6-14)16-9-22(31-12-21(16)35)37-24-17(25(27,28)29)7-15(8-18(24)26)33-23(36)10-20(34)19(11-30)32-33/h3*7-9,13-14H,2-6,10,12H2,1H3;2-9,13H,10,12H2,1H3. The molecular formula is C100H82Cl4F12N16O16. The van der Waals surface area contributed by atoms with Crippen LogP contribution in [0.15, 0.2) is 166 Å². The van der Waals surface area contributed by atoms with E-state index in [-0.39, 0.29) is 96.6 Å². The van der Waals surface area contributed by atoms with Crippen molar-refractivity contribution < 1.29 is 129 Å². The minimum atomic E-state index is -4.99. The summed E-state index contributed by atoms with van der Waals surface area (Å²) in [5, 5.41) is 50.5. The van der Waals surface area contributed by atoms with Crippen LogP contribution >= 0.6 is 46.4 Å². The highest BCUT2D eigenvalue weighted by Crippen LogP contribution is 2.51. The van der Waals surface area contributed by atoms with E-state index < -0.39 is 208 Å². The quantitative estimate of drug-likeness (QED) is 0.0654. The number of benzene rings is 5. The van der Waals surface area contributed by atoms with Crippen molar-refractivity contribution in [2.24, 2.45) is 75.9 Å². The molecule has 0 N–H and O–H groups in total. The Morgan fingerprint density at radius 1 is 0.318 bits per heavy atom. The molecular weight excluding hydrogens is 2050 g/mol. The number of nitriles is 4. The van der Waals surface area contributed by atoms with E-state index in [1.54, 1.807) is 19.1 Å². The summed E-state index contributed by atoms with van der Waals surface area (Å²) in [6.07, 6.45) is -1.69. The van der Waals surface area contributed by atoms with Gasteiger partial charge in [-0.15, -0.1) is 0 Å². The minimum Gasteiger partial charge on any atom is -0.437 e. The maximum absolute atomic E-state index is 14.0. The zero-order valence-corrected chi connectivity index (χ0v) is 81.4. The summed E-state index contributed by atoms with van der Waals surface area (Å²) in [6.45, 7) is 6.50. The average molecular weight is 2130 g/mol. The van der Waals surface area contributed by atoms with Gasteiger partial charge in [-0.2, -0.15) is 114 Å². The number of hydrogen-bond donors (Lipinski definition) is 0. The number of nitrogens with zero attached hydrogens (tertiary/aromatic N) is 16. The molecule has 32 nitrogen and oxygen atoms in total. The first-order chi connectivity index (χ1) is 70.0. The maximum Gasteiger partial charge on any atom is 0.420 e. The number of dihydropyridines is 4. The van der Waals surface area contributed by atoms with Crippen LogP contribution in [0.25, 0.3) is 0 Å². The normalized spacial score (nSPS) is 19.4. The van der Waals surface area contributed by atoms with E-state index >= 15 is 0 Å². The van der Waals surface area contributed by atoms with E-state index in [1.165, 1.54) is 48.6 Å². The number of hydrazone groups is 4. The van der Waals surface area contributed by atoms with Gasteiger partial charge in [-0.05, 0) is 128 Å². The summed E-state index contributed by atoms with van der Waals surface area (Å²) in [6, 6.07) is 21.5. The highest BCUT2D eigenvalue weighted by molar-refractivity contribution is 6.52. The van der Waals surface area contributed by atoms with E-state index in [0.717, 1.165) is 126 Å². The summed E-state index contributed by atoms with van der Waals surface area (Å²) >= 11 is 24.7. The van der Waals surface area contributed by atoms with E-state index in [9.17, 15) is 110 Å². The Morgan fingerprint density at radius 3 is 0.750 bits per heavy atom. The maximum atomic E-state index is 14.0. The Kier molecular flexibility index (Phi) is 34.7. The molecule has 4 atom stereocenters. The predicted octanol–water partition coefficient (Wildman–Crippen LogP) is 19.8. The molecule has 48 heteroatoms. The first-order valence-electron chi connectivity index (χ1n) is 45.9. The average Bonchev–Trinajstić information content (AvgIpc) is 0.778. The van der Waals surface area contributed by atoms with E-state index in [2.05, 4.69) is 40.4 Å². The van der Waals surface area contributed by atoms with Crippen LogP contribution in [0, 0.1) is 80.8 Å². The molecule has 4 amide bonds. The molecule has 0 aromatic heterocycles. The number of Topliss-reactive ketones (excluding diaryl/α,β-unsaturated/α-hetero) is 8. The molecule has 3 saturated carbocycles. The molecule has 8 heterocycles. The number of anilines is 4. The zero-order valence-electron chi connectivity index (χ0n) is 78.4. The van der Waals surface area contributed by atoms with Crippen molar-refractivity contribution in [2.75, 3.05) is 46.2 Å². The number of halogens is 16. The Morgan fingerprint density at radius 2 is 0.534 bits per heavy atom. The van der Waals surface area contributed by atoms with Crippen LogP contribution < -0.4 is 39.0 Å². The number of alkyl halides is 12. The van der Waals surface area contributed by atoms with Crippen molar-refractivity contribution in [2.45, 2.75) is 180 Å². The SMILES string of the molecule is CC(C1=CC(Oc2c(Cl)cc(N3N=C(C#N)C(=O)CC3=O)cc2C(F)(F)F)=NCC1=O)C1CCCCC1.CC(C1=CC(Oc2c(Cl)cc(N3N=C(C#N)C(=O)CC3=O)cc2C(F)(F)F)=NCC1=O)C1CCCCC1.CC(C1=CC(Oc2c(Cl)cc(N3N=C(C#N)C(=O)CC3=O)cc2C(F)(F)F)=NCC1=O)C1CCCCC1.CC(C1=CC(Oc2c(Cl)cc(N3N=C(C#N)C(=O)CC3=O)cc2C(F)(F)F)=NCC1=O)c1ccccc1. The van der Waals surface area contributed by atoms with Crippen molar-refractivity contribution in [3.63, 3.8) is 0 Å². The number of hydrogen-bond acceptors (Lipinski definition) is 28. The number of ketones is 8. The molecule has 770 valence electrons. The minimum absolute atomic E-state index is 0.0955.